The maximum absolute atomic E-state index is 13.1. The van der Waals surface area contributed by atoms with Gasteiger partial charge in [0.2, 0.25) is 23.6 Å². The van der Waals surface area contributed by atoms with Gasteiger partial charge in [-0.2, -0.15) is 0 Å². The molecule has 240 valence electrons. The van der Waals surface area contributed by atoms with Gasteiger partial charge in [0.1, 0.15) is 24.2 Å². The molecule has 0 aromatic rings. The molecule has 0 fully saturated rings. The van der Waals surface area contributed by atoms with E-state index in [2.05, 4.69) is 26.6 Å². The second kappa shape index (κ2) is 19.2. The van der Waals surface area contributed by atoms with Gasteiger partial charge >= 0.3 is 11.9 Å². The Morgan fingerprint density at radius 3 is 1.76 bits per heavy atom. The second-order valence-electron chi connectivity index (χ2n) is 10.1. The summed E-state index contributed by atoms with van der Waals surface area (Å²) in [5.41, 5.74) is 11.1. The number of nitrogens with two attached hydrogens (primary N) is 2. The van der Waals surface area contributed by atoms with Crippen molar-refractivity contribution in [2.45, 2.75) is 90.0 Å². The van der Waals surface area contributed by atoms with Gasteiger partial charge in [-0.15, -0.1) is 0 Å². The minimum atomic E-state index is -1.74. The van der Waals surface area contributed by atoms with Crippen LogP contribution in [-0.4, -0.2) is 100 Å². The fraction of sp³-hybridized carbons (Fsp3) is 0.720. The number of carbonyl (C=O) groups is 6. The Hall–Kier alpha value is -3.99. The van der Waals surface area contributed by atoms with Crippen LogP contribution in [0, 0.1) is 17.2 Å². The number of carboxylic acids is 2. The van der Waals surface area contributed by atoms with Gasteiger partial charge in [0.05, 0.1) is 19.1 Å². The standard InChI is InChI=1S/C25H46N8O9/c1-5-12(3)18(26)23(40)32-16(11-34)22(39)31-15(10-17(35)36)21(38)30-14(8-7-9-29-25(27)28)20(37)33-19(24(41)42)13(4)6-2/h12-16,18-19,34H,5-11,26H2,1-4H3,(H,30,38)(H,31,39)(H,32,40)(H,33,37)(H,35,36)(H,41,42)(H4,27,28,29)/t12-,13-,14-,15-,16-,18-,19-/m0/s1. The van der Waals surface area contributed by atoms with E-state index in [0.717, 1.165) is 0 Å². The lowest BCUT2D eigenvalue weighted by atomic mass is 9.98. The average Bonchev–Trinajstić information content (AvgIpc) is 2.93. The SMILES string of the molecule is CC[C@H](C)[C@H](N)C(=O)N[C@@H](CO)C(=O)N[C@@H](CC(=O)O)C(=O)N[C@@H](CCCNC(=N)N)C(=O)N[C@H](C(=O)O)[C@@H](C)CC. The first kappa shape index (κ1) is 38.0. The molecular formula is C25H46N8O9. The smallest absolute Gasteiger partial charge is 0.326 e. The molecule has 0 unspecified atom stereocenters. The van der Waals surface area contributed by atoms with Gasteiger partial charge in [0.25, 0.3) is 0 Å². The van der Waals surface area contributed by atoms with E-state index in [0.29, 0.717) is 12.8 Å². The van der Waals surface area contributed by atoms with Crippen molar-refractivity contribution >= 4 is 41.5 Å². The number of aliphatic hydroxyl groups excluding tert-OH is 1. The Morgan fingerprint density at radius 2 is 1.29 bits per heavy atom. The Balaban J connectivity index is 5.85. The van der Waals surface area contributed by atoms with Crippen LogP contribution < -0.4 is 38.1 Å². The lowest BCUT2D eigenvalue weighted by Gasteiger charge is -2.27. The molecule has 17 heteroatoms. The van der Waals surface area contributed by atoms with Crippen molar-refractivity contribution in [2.24, 2.45) is 23.3 Å². The van der Waals surface area contributed by atoms with E-state index in [1.807, 2.05) is 6.92 Å². The summed E-state index contributed by atoms with van der Waals surface area (Å²) >= 11 is 0. The number of aliphatic carboxylic acids is 2. The highest BCUT2D eigenvalue weighted by Gasteiger charge is 2.33. The Bertz CT molecular complexity index is 964. The molecular weight excluding hydrogens is 556 g/mol. The molecule has 13 N–H and O–H groups in total. The highest BCUT2D eigenvalue weighted by atomic mass is 16.4. The predicted molar refractivity (Wildman–Crippen MR) is 151 cm³/mol. The molecule has 0 aliphatic carbocycles. The molecule has 0 aliphatic heterocycles. The topological polar surface area (TPSA) is 299 Å². The summed E-state index contributed by atoms with van der Waals surface area (Å²) < 4.78 is 0. The van der Waals surface area contributed by atoms with Crippen LogP contribution >= 0.6 is 0 Å². The van der Waals surface area contributed by atoms with Gasteiger partial charge in [-0.1, -0.05) is 40.5 Å². The summed E-state index contributed by atoms with van der Waals surface area (Å²) in [6.45, 7) is 6.13. The zero-order valence-electron chi connectivity index (χ0n) is 24.4. The van der Waals surface area contributed by atoms with Gasteiger partial charge in [-0.3, -0.25) is 29.4 Å². The highest BCUT2D eigenvalue weighted by molar-refractivity contribution is 5.96. The van der Waals surface area contributed by atoms with Gasteiger partial charge in [-0.05, 0) is 24.7 Å². The van der Waals surface area contributed by atoms with E-state index < -0.39 is 84.7 Å². The molecule has 0 aromatic heterocycles. The summed E-state index contributed by atoms with van der Waals surface area (Å²) in [5.74, 6) is -7.55. The molecule has 0 radical (unpaired) electrons. The zero-order valence-corrected chi connectivity index (χ0v) is 24.4. The summed E-state index contributed by atoms with van der Waals surface area (Å²) in [6.07, 6.45) is 0.191. The molecule has 0 saturated carbocycles. The van der Waals surface area contributed by atoms with Crippen molar-refractivity contribution in [3.8, 4) is 0 Å². The van der Waals surface area contributed by atoms with Crippen LogP contribution in [-0.2, 0) is 28.8 Å². The Morgan fingerprint density at radius 1 is 0.786 bits per heavy atom. The number of carboxylic acid groups (broad SMARTS) is 2. The van der Waals surface area contributed by atoms with E-state index in [1.165, 1.54) is 0 Å². The molecule has 0 spiro atoms. The summed E-state index contributed by atoms with van der Waals surface area (Å²) in [5, 5.41) is 47.5. The number of aliphatic hydroxyl groups is 1. The van der Waals surface area contributed by atoms with Crippen molar-refractivity contribution in [2.75, 3.05) is 13.2 Å². The molecule has 0 bridgehead atoms. The van der Waals surface area contributed by atoms with E-state index in [9.17, 15) is 44.1 Å². The predicted octanol–water partition coefficient (Wildman–Crippen LogP) is -2.84. The van der Waals surface area contributed by atoms with Crippen molar-refractivity contribution in [1.29, 1.82) is 5.41 Å². The first-order valence-corrected chi connectivity index (χ1v) is 13.7. The second-order valence-corrected chi connectivity index (χ2v) is 10.1. The van der Waals surface area contributed by atoms with Crippen LogP contribution in [0.2, 0.25) is 0 Å². The minimum Gasteiger partial charge on any atom is -0.481 e. The van der Waals surface area contributed by atoms with Gasteiger partial charge < -0.3 is 53.4 Å². The highest BCUT2D eigenvalue weighted by Crippen LogP contribution is 2.10. The van der Waals surface area contributed by atoms with Gasteiger partial charge in [0, 0.05) is 6.54 Å². The fourth-order valence-electron chi connectivity index (χ4n) is 3.64. The number of hydrogen-bond acceptors (Lipinski definition) is 9. The van der Waals surface area contributed by atoms with E-state index >= 15 is 0 Å². The lowest BCUT2D eigenvalue weighted by Crippen LogP contribution is -2.60. The number of nitrogens with one attached hydrogen (secondary N) is 6. The molecule has 42 heavy (non-hydrogen) atoms. The number of amides is 4. The molecule has 0 rings (SSSR count). The first-order chi connectivity index (χ1) is 19.6. The third-order valence-corrected chi connectivity index (χ3v) is 6.78. The lowest BCUT2D eigenvalue weighted by molar-refractivity contribution is -0.144. The molecule has 0 aromatic carbocycles. The molecule has 7 atom stereocenters. The van der Waals surface area contributed by atoms with Crippen molar-refractivity contribution in [3.05, 3.63) is 0 Å². The van der Waals surface area contributed by atoms with Gasteiger partial charge in [-0.25, -0.2) is 4.79 Å². The molecule has 0 heterocycles. The normalized spacial score (nSPS) is 15.9. The van der Waals surface area contributed by atoms with Crippen molar-refractivity contribution in [1.82, 2.24) is 26.6 Å². The van der Waals surface area contributed by atoms with E-state index in [4.69, 9.17) is 16.9 Å². The van der Waals surface area contributed by atoms with Crippen LogP contribution in [0.25, 0.3) is 0 Å². The maximum atomic E-state index is 13.1. The third-order valence-electron chi connectivity index (χ3n) is 6.78. The minimum absolute atomic E-state index is 0.0682. The quantitative estimate of drug-likeness (QED) is 0.0381. The fourth-order valence-corrected chi connectivity index (χ4v) is 3.64. The van der Waals surface area contributed by atoms with Crippen LogP contribution in [0.4, 0.5) is 0 Å². The first-order valence-electron chi connectivity index (χ1n) is 13.7. The van der Waals surface area contributed by atoms with Crippen LogP contribution in [0.5, 0.6) is 0 Å². The molecule has 0 aliphatic rings. The van der Waals surface area contributed by atoms with Crippen molar-refractivity contribution < 1.29 is 44.1 Å². The monoisotopic (exact) mass is 602 g/mol. The average molecular weight is 603 g/mol. The van der Waals surface area contributed by atoms with Crippen molar-refractivity contribution in [3.63, 3.8) is 0 Å². The van der Waals surface area contributed by atoms with Crippen LogP contribution in [0.3, 0.4) is 0 Å². The zero-order chi connectivity index (χ0) is 32.6. The van der Waals surface area contributed by atoms with Crippen LogP contribution in [0.1, 0.15) is 59.8 Å². The number of guanidine groups is 1. The van der Waals surface area contributed by atoms with Gasteiger partial charge in [0.15, 0.2) is 5.96 Å². The van der Waals surface area contributed by atoms with Crippen LogP contribution in [0.15, 0.2) is 0 Å². The van der Waals surface area contributed by atoms with E-state index in [1.54, 1.807) is 20.8 Å². The Kier molecular flexibility index (Phi) is 17.4. The molecule has 17 nitrogen and oxygen atoms in total. The molecule has 0 saturated heterocycles. The Labute approximate surface area is 244 Å². The number of carbonyl (C=O) groups excluding carboxylic acids is 4. The maximum Gasteiger partial charge on any atom is 0.326 e. The summed E-state index contributed by atoms with van der Waals surface area (Å²) in [6, 6.07) is -6.91. The molecule has 4 amide bonds. The summed E-state index contributed by atoms with van der Waals surface area (Å²) in [4.78, 5) is 74.6. The largest absolute Gasteiger partial charge is 0.481 e. The number of hydrogen-bond donors (Lipinski definition) is 11. The van der Waals surface area contributed by atoms with E-state index in [-0.39, 0.29) is 31.3 Å². The summed E-state index contributed by atoms with van der Waals surface area (Å²) in [7, 11) is 0. The third kappa shape index (κ3) is 13.6. The number of rotatable bonds is 20.